The van der Waals surface area contributed by atoms with Crippen LogP contribution in [0.1, 0.15) is 39.5 Å². The molecular weight excluding hydrogens is 219 g/mol. The van der Waals surface area contributed by atoms with Gasteiger partial charge < -0.3 is 10.6 Å². The summed E-state index contributed by atoms with van der Waals surface area (Å²) < 4.78 is 0. The van der Waals surface area contributed by atoms with E-state index in [9.17, 15) is 0 Å². The Labute approximate surface area is 99.4 Å². The van der Waals surface area contributed by atoms with E-state index in [0.717, 1.165) is 6.04 Å². The highest BCUT2D eigenvalue weighted by atomic mass is 35.5. The number of hydrogen-bond acceptors (Lipinski definition) is 2. The van der Waals surface area contributed by atoms with Crippen LogP contribution >= 0.6 is 24.8 Å². The molecule has 2 fully saturated rings. The molecule has 2 nitrogen and oxygen atoms in total. The minimum atomic E-state index is 0. The Morgan fingerprint density at radius 2 is 1.50 bits per heavy atom. The van der Waals surface area contributed by atoms with Crippen molar-refractivity contribution in [3.63, 3.8) is 0 Å². The van der Waals surface area contributed by atoms with Crippen molar-refractivity contribution in [3.8, 4) is 0 Å². The number of rotatable bonds is 1. The summed E-state index contributed by atoms with van der Waals surface area (Å²) in [7, 11) is 2.09. The Morgan fingerprint density at radius 1 is 1.07 bits per heavy atom. The first kappa shape index (κ1) is 14.5. The molecule has 0 unspecified atom stereocenters. The Balaban J connectivity index is 0.000000845. The van der Waals surface area contributed by atoms with Crippen LogP contribution < -0.4 is 10.6 Å². The van der Waals surface area contributed by atoms with Gasteiger partial charge in [0.15, 0.2) is 0 Å². The van der Waals surface area contributed by atoms with Crippen molar-refractivity contribution in [1.29, 1.82) is 0 Å². The molecule has 0 aromatic heterocycles. The normalized spacial score (nSPS) is 45.2. The van der Waals surface area contributed by atoms with E-state index in [2.05, 4.69) is 31.5 Å². The van der Waals surface area contributed by atoms with Gasteiger partial charge in [0, 0.05) is 17.1 Å². The second kappa shape index (κ2) is 4.56. The smallest absolute Gasteiger partial charge is 0.0173 e. The fraction of sp³-hybridized carbons (Fsp3) is 1.00. The number of hydrogen-bond donors (Lipinski definition) is 2. The van der Waals surface area contributed by atoms with Crippen LogP contribution in [-0.2, 0) is 0 Å². The summed E-state index contributed by atoms with van der Waals surface area (Å²) >= 11 is 0. The molecule has 2 rings (SSSR count). The SMILES string of the molecule is CN[C@H]1C[C@]2(C)CC[C@](C)(C1)N2.Cl.Cl. The van der Waals surface area contributed by atoms with E-state index in [0.29, 0.717) is 11.1 Å². The number of halogens is 2. The largest absolute Gasteiger partial charge is 0.317 e. The maximum Gasteiger partial charge on any atom is 0.0173 e. The summed E-state index contributed by atoms with van der Waals surface area (Å²) in [6.07, 6.45) is 5.28. The fourth-order valence-corrected chi connectivity index (χ4v) is 3.08. The van der Waals surface area contributed by atoms with Gasteiger partial charge in [-0.1, -0.05) is 0 Å². The lowest BCUT2D eigenvalue weighted by Gasteiger charge is -2.41. The quantitative estimate of drug-likeness (QED) is 0.734. The highest BCUT2D eigenvalue weighted by Crippen LogP contribution is 2.41. The zero-order valence-corrected chi connectivity index (χ0v) is 10.9. The summed E-state index contributed by atoms with van der Waals surface area (Å²) in [5, 5.41) is 7.18. The molecule has 4 heteroatoms. The van der Waals surface area contributed by atoms with Gasteiger partial charge in [-0.3, -0.25) is 0 Å². The minimum absolute atomic E-state index is 0. The molecule has 0 aromatic carbocycles. The zero-order chi connectivity index (χ0) is 8.82. The molecule has 2 bridgehead atoms. The lowest BCUT2D eigenvalue weighted by Crippen LogP contribution is -2.57. The molecule has 0 amide bonds. The maximum absolute atomic E-state index is 3.77. The highest BCUT2D eigenvalue weighted by Gasteiger charge is 2.47. The zero-order valence-electron chi connectivity index (χ0n) is 9.22. The van der Waals surface area contributed by atoms with Crippen molar-refractivity contribution in [2.75, 3.05) is 7.05 Å². The van der Waals surface area contributed by atoms with E-state index >= 15 is 0 Å². The van der Waals surface area contributed by atoms with Crippen molar-refractivity contribution < 1.29 is 0 Å². The van der Waals surface area contributed by atoms with E-state index < -0.39 is 0 Å². The van der Waals surface area contributed by atoms with Gasteiger partial charge in [0.2, 0.25) is 0 Å². The van der Waals surface area contributed by atoms with Crippen LogP contribution in [0.4, 0.5) is 0 Å². The number of fused-ring (bicyclic) bond motifs is 2. The van der Waals surface area contributed by atoms with Crippen molar-refractivity contribution in [3.05, 3.63) is 0 Å². The molecule has 0 aliphatic carbocycles. The fourth-order valence-electron chi connectivity index (χ4n) is 3.08. The second-order valence-corrected chi connectivity index (χ2v) is 5.14. The molecule has 2 heterocycles. The summed E-state index contributed by atoms with van der Waals surface area (Å²) in [6.45, 7) is 4.73. The third-order valence-electron chi connectivity index (χ3n) is 3.63. The molecule has 0 saturated carbocycles. The van der Waals surface area contributed by atoms with E-state index in [1.54, 1.807) is 0 Å². The van der Waals surface area contributed by atoms with Gasteiger partial charge in [-0.2, -0.15) is 0 Å². The van der Waals surface area contributed by atoms with Crippen molar-refractivity contribution in [2.45, 2.75) is 56.7 Å². The van der Waals surface area contributed by atoms with Gasteiger partial charge in [-0.05, 0) is 46.6 Å². The molecule has 0 spiro atoms. The standard InChI is InChI=1S/C10H20N2.2ClH/c1-9-4-5-10(2,12-9)7-8(6-9)11-3;;/h8,11-12H,4-7H2,1-3H3;2*1H/t8-,9-,10+;;. The predicted octanol–water partition coefficient (Wildman–Crippen LogP) is 2.11. The van der Waals surface area contributed by atoms with Crippen LogP contribution in [0.3, 0.4) is 0 Å². The van der Waals surface area contributed by atoms with Gasteiger partial charge in [-0.25, -0.2) is 0 Å². The van der Waals surface area contributed by atoms with Crippen molar-refractivity contribution in [1.82, 2.24) is 10.6 Å². The van der Waals surface area contributed by atoms with E-state index in [1.807, 2.05) is 0 Å². The summed E-state index contributed by atoms with van der Waals surface area (Å²) in [6, 6.07) is 0.726. The molecule has 2 aliphatic heterocycles. The highest BCUT2D eigenvalue weighted by molar-refractivity contribution is 5.85. The average molecular weight is 241 g/mol. The molecule has 2 saturated heterocycles. The molecule has 0 aromatic rings. The molecule has 2 aliphatic rings. The monoisotopic (exact) mass is 240 g/mol. The lowest BCUT2D eigenvalue weighted by molar-refractivity contribution is 0.195. The predicted molar refractivity (Wildman–Crippen MR) is 65.8 cm³/mol. The first-order chi connectivity index (χ1) is 5.55. The Bertz CT molecular complexity index is 183. The molecule has 14 heavy (non-hydrogen) atoms. The second-order valence-electron chi connectivity index (χ2n) is 5.14. The van der Waals surface area contributed by atoms with E-state index in [1.165, 1.54) is 25.7 Å². The van der Waals surface area contributed by atoms with Gasteiger partial charge in [0.1, 0.15) is 0 Å². The van der Waals surface area contributed by atoms with Crippen molar-refractivity contribution in [2.24, 2.45) is 0 Å². The summed E-state index contributed by atoms with van der Waals surface area (Å²) in [4.78, 5) is 0. The van der Waals surface area contributed by atoms with E-state index in [4.69, 9.17) is 0 Å². The van der Waals surface area contributed by atoms with Crippen LogP contribution in [-0.4, -0.2) is 24.2 Å². The van der Waals surface area contributed by atoms with Crippen LogP contribution in [0, 0.1) is 0 Å². The maximum atomic E-state index is 3.77. The van der Waals surface area contributed by atoms with E-state index in [-0.39, 0.29) is 24.8 Å². The number of piperidine rings is 1. The molecule has 3 atom stereocenters. The topological polar surface area (TPSA) is 24.1 Å². The van der Waals surface area contributed by atoms with Gasteiger partial charge in [0.25, 0.3) is 0 Å². The Hall–Kier alpha value is 0.500. The molecule has 2 N–H and O–H groups in total. The summed E-state index contributed by atoms with van der Waals surface area (Å²) in [5.74, 6) is 0. The third kappa shape index (κ3) is 2.54. The van der Waals surface area contributed by atoms with Crippen molar-refractivity contribution >= 4 is 24.8 Å². The van der Waals surface area contributed by atoms with Crippen LogP contribution in [0.25, 0.3) is 0 Å². The van der Waals surface area contributed by atoms with Crippen LogP contribution in [0.5, 0.6) is 0 Å². The first-order valence-electron chi connectivity index (χ1n) is 5.02. The van der Waals surface area contributed by atoms with Crippen LogP contribution in [0.2, 0.25) is 0 Å². The molecule has 0 radical (unpaired) electrons. The number of nitrogens with one attached hydrogen (secondary N) is 2. The van der Waals surface area contributed by atoms with Gasteiger partial charge in [-0.15, -0.1) is 24.8 Å². The minimum Gasteiger partial charge on any atom is -0.317 e. The average Bonchev–Trinajstić information content (AvgIpc) is 2.20. The first-order valence-corrected chi connectivity index (χ1v) is 5.02. The molecular formula is C10H22Cl2N2. The lowest BCUT2D eigenvalue weighted by atomic mass is 9.85. The Morgan fingerprint density at radius 3 is 1.86 bits per heavy atom. The summed E-state index contributed by atoms with van der Waals surface area (Å²) in [5.41, 5.74) is 0.835. The van der Waals surface area contributed by atoms with Crippen LogP contribution in [0.15, 0.2) is 0 Å². The van der Waals surface area contributed by atoms with Gasteiger partial charge in [0.05, 0.1) is 0 Å². The Kier molecular flexibility index (Phi) is 4.73. The third-order valence-corrected chi connectivity index (χ3v) is 3.63. The molecule has 86 valence electrons. The van der Waals surface area contributed by atoms with Gasteiger partial charge >= 0.3 is 0 Å².